The summed E-state index contributed by atoms with van der Waals surface area (Å²) in [7, 11) is -3.36. The van der Waals surface area contributed by atoms with Gasteiger partial charge in [-0.3, -0.25) is 0 Å². The fraction of sp³-hybridized carbons (Fsp3) is 0.368. The lowest BCUT2D eigenvalue weighted by atomic mass is 10.2. The van der Waals surface area contributed by atoms with E-state index in [1.165, 1.54) is 5.19 Å². The van der Waals surface area contributed by atoms with Gasteiger partial charge in [0.15, 0.2) is 0 Å². The summed E-state index contributed by atoms with van der Waals surface area (Å²) in [5.74, 6) is 3.31. The van der Waals surface area contributed by atoms with Crippen molar-refractivity contribution in [1.29, 1.82) is 0 Å². The van der Waals surface area contributed by atoms with Crippen LogP contribution in [0.2, 0.25) is 31.7 Å². The molecule has 0 N–H and O–H groups in total. The number of rotatable bonds is 7. The molecular weight excluding hydrogens is 300 g/mol. The summed E-state index contributed by atoms with van der Waals surface area (Å²) < 4.78 is 6.22. The van der Waals surface area contributed by atoms with Crippen LogP contribution in [-0.2, 0) is 4.43 Å². The predicted molar refractivity (Wildman–Crippen MR) is 104 cm³/mol. The van der Waals surface area contributed by atoms with Crippen LogP contribution in [0.4, 0.5) is 0 Å². The molecule has 0 aliphatic carbocycles. The zero-order chi connectivity index (χ0) is 16.6. The average molecular weight is 329 g/mol. The third kappa shape index (κ3) is 5.45. The molecule has 118 valence electrons. The first-order valence-electron chi connectivity index (χ1n) is 7.86. The summed E-state index contributed by atoms with van der Waals surface area (Å²) in [4.78, 5) is 0. The molecule has 0 atom stereocenters. The zero-order valence-electron chi connectivity index (χ0n) is 14.4. The largest absolute Gasteiger partial charge is 0.412 e. The summed E-state index contributed by atoms with van der Waals surface area (Å²) in [6, 6.07) is 10.4. The van der Waals surface area contributed by atoms with Crippen LogP contribution in [0.15, 0.2) is 49.6 Å². The van der Waals surface area contributed by atoms with Crippen LogP contribution in [0.25, 0.3) is 0 Å². The molecule has 1 aromatic carbocycles. The first-order chi connectivity index (χ1) is 10.4. The molecule has 0 bridgehead atoms. The van der Waals surface area contributed by atoms with Crippen LogP contribution in [0.1, 0.15) is 12.5 Å². The Morgan fingerprint density at radius 2 is 1.59 bits per heavy atom. The maximum Gasteiger partial charge on any atom is 0.231 e. The lowest BCUT2D eigenvalue weighted by Gasteiger charge is -2.29. The van der Waals surface area contributed by atoms with E-state index < -0.39 is 16.4 Å². The molecule has 0 aromatic heterocycles. The van der Waals surface area contributed by atoms with Crippen LogP contribution in [0.3, 0.4) is 0 Å². The van der Waals surface area contributed by atoms with Crippen molar-refractivity contribution >= 4 is 21.6 Å². The minimum atomic E-state index is -2.03. The summed E-state index contributed by atoms with van der Waals surface area (Å²) in [5, 5.41) is 1.30. The fourth-order valence-corrected chi connectivity index (χ4v) is 6.20. The molecule has 1 rings (SSSR count). The Kier molecular flexibility index (Phi) is 7.08. The van der Waals surface area contributed by atoms with Crippen LogP contribution in [0, 0.1) is 11.5 Å². The molecule has 0 spiro atoms. The second-order valence-corrected chi connectivity index (χ2v) is 14.9. The smallest absolute Gasteiger partial charge is 0.231 e. The summed E-state index contributed by atoms with van der Waals surface area (Å²) in [6.07, 6.45) is 3.95. The van der Waals surface area contributed by atoms with E-state index in [9.17, 15) is 0 Å². The van der Waals surface area contributed by atoms with Gasteiger partial charge in [0.05, 0.1) is 0 Å². The molecule has 0 aliphatic rings. The number of allylic oxidation sites excluding steroid dienone is 2. The van der Waals surface area contributed by atoms with Gasteiger partial charge in [-0.2, -0.15) is 0 Å². The summed E-state index contributed by atoms with van der Waals surface area (Å²) in [6.45, 7) is 17.4. The van der Waals surface area contributed by atoms with Crippen molar-refractivity contribution in [2.24, 2.45) is 0 Å². The van der Waals surface area contributed by atoms with Crippen molar-refractivity contribution in [3.05, 3.63) is 55.1 Å². The highest BCUT2D eigenvalue weighted by atomic mass is 28.4. The van der Waals surface area contributed by atoms with E-state index in [4.69, 9.17) is 4.43 Å². The molecule has 3 heteroatoms. The second kappa shape index (κ2) is 8.33. The maximum absolute atomic E-state index is 6.22. The van der Waals surface area contributed by atoms with E-state index in [1.807, 2.05) is 12.2 Å². The Bertz CT molecular complexity index is 546. The van der Waals surface area contributed by atoms with Gasteiger partial charge in [-0.05, 0) is 36.3 Å². The molecule has 1 aromatic rings. The molecule has 0 fully saturated rings. The van der Waals surface area contributed by atoms with Crippen molar-refractivity contribution in [2.75, 3.05) is 6.61 Å². The van der Waals surface area contributed by atoms with Gasteiger partial charge in [0.1, 0.15) is 8.07 Å². The zero-order valence-corrected chi connectivity index (χ0v) is 16.4. The molecule has 0 radical (unpaired) electrons. The summed E-state index contributed by atoms with van der Waals surface area (Å²) >= 11 is 0. The number of benzene rings is 1. The Hall–Kier alpha value is -1.35. The molecule has 22 heavy (non-hydrogen) atoms. The lowest BCUT2D eigenvalue weighted by molar-refractivity contribution is 0.333. The molecule has 0 amide bonds. The van der Waals surface area contributed by atoms with Gasteiger partial charge in [-0.25, -0.2) is 0 Å². The molecule has 0 saturated heterocycles. The van der Waals surface area contributed by atoms with Crippen molar-refractivity contribution in [3.8, 4) is 11.5 Å². The van der Waals surface area contributed by atoms with Gasteiger partial charge in [0, 0.05) is 12.2 Å². The predicted octanol–water partition coefficient (Wildman–Crippen LogP) is 4.48. The van der Waals surface area contributed by atoms with Gasteiger partial charge < -0.3 is 4.43 Å². The molecule has 1 nitrogen and oxygen atoms in total. The minimum Gasteiger partial charge on any atom is -0.412 e. The van der Waals surface area contributed by atoms with Crippen LogP contribution < -0.4 is 5.19 Å². The third-order valence-electron chi connectivity index (χ3n) is 3.36. The molecule has 0 unspecified atom stereocenters. The Morgan fingerprint density at radius 1 is 1.05 bits per heavy atom. The highest BCUT2D eigenvalue weighted by Crippen LogP contribution is 2.19. The first kappa shape index (κ1) is 18.7. The van der Waals surface area contributed by atoms with E-state index in [0.717, 1.165) is 24.3 Å². The van der Waals surface area contributed by atoms with Gasteiger partial charge in [-0.15, -0.1) is 18.7 Å². The second-order valence-electron chi connectivity index (χ2n) is 6.49. The van der Waals surface area contributed by atoms with Crippen molar-refractivity contribution in [3.63, 3.8) is 0 Å². The van der Waals surface area contributed by atoms with Gasteiger partial charge >= 0.3 is 0 Å². The van der Waals surface area contributed by atoms with E-state index in [-0.39, 0.29) is 0 Å². The van der Waals surface area contributed by atoms with Crippen molar-refractivity contribution < 1.29 is 4.43 Å². The average Bonchev–Trinajstić information content (AvgIpc) is 2.45. The number of hydrogen-bond acceptors (Lipinski definition) is 1. The van der Waals surface area contributed by atoms with Gasteiger partial charge in [0.2, 0.25) is 8.32 Å². The molecule has 0 saturated carbocycles. The first-order valence-corrected chi connectivity index (χ1v) is 13.7. The lowest BCUT2D eigenvalue weighted by Crippen LogP contribution is -2.50. The Morgan fingerprint density at radius 3 is 2.00 bits per heavy atom. The Labute approximate surface area is 138 Å². The molecule has 0 aliphatic heterocycles. The van der Waals surface area contributed by atoms with Crippen molar-refractivity contribution in [2.45, 2.75) is 38.7 Å². The maximum atomic E-state index is 6.22. The normalized spacial score (nSPS) is 11.5. The fourth-order valence-electron chi connectivity index (χ4n) is 2.38. The molecule has 0 heterocycles. The van der Waals surface area contributed by atoms with Gasteiger partial charge in [0.25, 0.3) is 0 Å². The quantitative estimate of drug-likeness (QED) is 0.407. The van der Waals surface area contributed by atoms with Crippen molar-refractivity contribution in [1.82, 2.24) is 0 Å². The van der Waals surface area contributed by atoms with Crippen LogP contribution in [-0.4, -0.2) is 23.0 Å². The third-order valence-corrected chi connectivity index (χ3v) is 8.36. The highest BCUT2D eigenvalue weighted by molar-refractivity contribution is 6.87. The monoisotopic (exact) mass is 328 g/mol. The van der Waals surface area contributed by atoms with Gasteiger partial charge in [-0.1, -0.05) is 49.8 Å². The highest BCUT2D eigenvalue weighted by Gasteiger charge is 2.34. The SMILES string of the molecule is C=CC[Si](CC=C)(OCC)c1ccc(C#C[Si](C)(C)C)cc1. The van der Waals surface area contributed by atoms with E-state index in [1.54, 1.807) is 0 Å². The number of hydrogen-bond donors (Lipinski definition) is 0. The van der Waals surface area contributed by atoms with E-state index in [0.29, 0.717) is 0 Å². The minimum absolute atomic E-state index is 0.727. The standard InChI is InChI=1S/C19H28OSi2/c1-7-15-22(16-8-2,20-9-3)19-12-10-18(11-13-19)14-17-21(4,5)6/h7-8,10-13H,1-2,9,15-16H2,3-6H3. The molecular formula is C19H28OSi2. The topological polar surface area (TPSA) is 9.23 Å². The Balaban J connectivity index is 3.13. The van der Waals surface area contributed by atoms with Crippen LogP contribution in [0.5, 0.6) is 0 Å². The van der Waals surface area contributed by atoms with E-state index in [2.05, 4.69) is 75.5 Å². The summed E-state index contributed by atoms with van der Waals surface area (Å²) in [5.41, 5.74) is 4.49. The van der Waals surface area contributed by atoms with E-state index >= 15 is 0 Å². The van der Waals surface area contributed by atoms with Crippen LogP contribution >= 0.6 is 0 Å².